The normalized spacial score (nSPS) is 11.0. The van der Waals surface area contributed by atoms with Crippen molar-refractivity contribution in [2.24, 2.45) is 0 Å². The summed E-state index contributed by atoms with van der Waals surface area (Å²) < 4.78 is 2.30. The predicted octanol–water partition coefficient (Wildman–Crippen LogP) is 3.68. The number of aryl methyl sites for hydroxylation is 2. The van der Waals surface area contributed by atoms with Crippen molar-refractivity contribution in [1.29, 1.82) is 0 Å². The minimum absolute atomic E-state index is 0.799. The zero-order valence-corrected chi connectivity index (χ0v) is 13.9. The summed E-state index contributed by atoms with van der Waals surface area (Å²) in [5, 5.41) is 4.30. The fraction of sp³-hybridized carbons (Fsp3) is 0.471. The Morgan fingerprint density at radius 3 is 2.43 bits per heavy atom. The molecule has 1 N–H and O–H groups in total. The molecule has 0 saturated carbocycles. The van der Waals surface area contributed by atoms with E-state index >= 15 is 0 Å². The summed E-state index contributed by atoms with van der Waals surface area (Å²) >= 11 is 5.88. The molecular formula is C17H24ClN3. The highest BCUT2D eigenvalue weighted by Gasteiger charge is 2.06. The molecule has 0 bridgehead atoms. The summed E-state index contributed by atoms with van der Waals surface area (Å²) in [7, 11) is 0. The van der Waals surface area contributed by atoms with Crippen molar-refractivity contribution in [2.45, 2.75) is 40.2 Å². The van der Waals surface area contributed by atoms with Crippen molar-refractivity contribution in [3.05, 3.63) is 52.1 Å². The number of nitrogens with zero attached hydrogens (tertiary/aromatic N) is 2. The van der Waals surface area contributed by atoms with Gasteiger partial charge in [-0.15, -0.1) is 0 Å². The third kappa shape index (κ3) is 4.58. The van der Waals surface area contributed by atoms with Crippen LogP contribution in [0.4, 0.5) is 0 Å². The smallest absolute Gasteiger partial charge is 0.106 e. The summed E-state index contributed by atoms with van der Waals surface area (Å²) in [6, 6.07) is 8.07. The summed E-state index contributed by atoms with van der Waals surface area (Å²) in [5.74, 6) is 1.12. The zero-order valence-electron chi connectivity index (χ0n) is 13.1. The van der Waals surface area contributed by atoms with Gasteiger partial charge in [0.15, 0.2) is 0 Å². The quantitative estimate of drug-likeness (QED) is 0.791. The van der Waals surface area contributed by atoms with Crippen molar-refractivity contribution in [1.82, 2.24) is 14.9 Å². The summed E-state index contributed by atoms with van der Waals surface area (Å²) in [5.41, 5.74) is 3.75. The average molecular weight is 306 g/mol. The third-order valence-electron chi connectivity index (χ3n) is 3.89. The van der Waals surface area contributed by atoms with Crippen LogP contribution in [0.25, 0.3) is 0 Å². The topological polar surface area (TPSA) is 29.9 Å². The molecule has 0 aliphatic heterocycles. The van der Waals surface area contributed by atoms with Crippen molar-refractivity contribution in [3.8, 4) is 0 Å². The Kier molecular flexibility index (Phi) is 5.83. The number of hydrogen-bond donors (Lipinski definition) is 1. The summed E-state index contributed by atoms with van der Waals surface area (Å²) in [6.07, 6.45) is 2.16. The maximum absolute atomic E-state index is 5.88. The molecule has 0 aliphatic rings. The van der Waals surface area contributed by atoms with Crippen LogP contribution in [0, 0.1) is 20.8 Å². The molecule has 0 saturated heterocycles. The van der Waals surface area contributed by atoms with Crippen molar-refractivity contribution < 1.29 is 0 Å². The molecule has 0 fully saturated rings. The fourth-order valence-electron chi connectivity index (χ4n) is 2.52. The Bertz CT molecular complexity index is 572. The molecular weight excluding hydrogens is 282 g/mol. The lowest BCUT2D eigenvalue weighted by Gasteiger charge is -2.09. The van der Waals surface area contributed by atoms with Crippen LogP contribution < -0.4 is 5.32 Å². The number of halogens is 1. The molecule has 0 amide bonds. The van der Waals surface area contributed by atoms with E-state index in [9.17, 15) is 0 Å². The van der Waals surface area contributed by atoms with E-state index < -0.39 is 0 Å². The van der Waals surface area contributed by atoms with Crippen LogP contribution in [-0.4, -0.2) is 22.6 Å². The Morgan fingerprint density at radius 2 is 1.81 bits per heavy atom. The molecule has 1 heterocycles. The second-order valence-electron chi connectivity index (χ2n) is 5.46. The molecule has 1 aromatic carbocycles. The standard InChI is InChI=1S/C17H24ClN3/c1-13-14(2)21(15(3)20-13)12-4-10-19-11-9-16-5-7-17(18)8-6-16/h5-8,19H,4,9-12H2,1-3H3. The molecule has 4 heteroatoms. The van der Waals surface area contributed by atoms with E-state index in [4.69, 9.17) is 11.6 Å². The number of rotatable bonds is 7. The van der Waals surface area contributed by atoms with Gasteiger partial charge in [-0.2, -0.15) is 0 Å². The molecule has 0 aliphatic carbocycles. The van der Waals surface area contributed by atoms with Gasteiger partial charge in [-0.05, 0) is 64.4 Å². The molecule has 0 radical (unpaired) electrons. The van der Waals surface area contributed by atoms with Crippen LogP contribution >= 0.6 is 11.6 Å². The van der Waals surface area contributed by atoms with E-state index in [0.29, 0.717) is 0 Å². The minimum atomic E-state index is 0.799. The van der Waals surface area contributed by atoms with E-state index in [0.717, 1.165) is 49.0 Å². The fourth-order valence-corrected chi connectivity index (χ4v) is 2.65. The van der Waals surface area contributed by atoms with Gasteiger partial charge >= 0.3 is 0 Å². The van der Waals surface area contributed by atoms with Crippen molar-refractivity contribution in [2.75, 3.05) is 13.1 Å². The molecule has 0 atom stereocenters. The van der Waals surface area contributed by atoms with E-state index in [-0.39, 0.29) is 0 Å². The monoisotopic (exact) mass is 305 g/mol. The van der Waals surface area contributed by atoms with Gasteiger partial charge in [0.2, 0.25) is 0 Å². The summed E-state index contributed by atoms with van der Waals surface area (Å²) in [4.78, 5) is 4.50. The minimum Gasteiger partial charge on any atom is -0.332 e. The van der Waals surface area contributed by atoms with Gasteiger partial charge in [-0.3, -0.25) is 0 Å². The molecule has 0 spiro atoms. The van der Waals surface area contributed by atoms with Gasteiger partial charge < -0.3 is 9.88 Å². The third-order valence-corrected chi connectivity index (χ3v) is 4.14. The molecule has 114 valence electrons. The number of hydrogen-bond acceptors (Lipinski definition) is 2. The van der Waals surface area contributed by atoms with Crippen LogP contribution in [-0.2, 0) is 13.0 Å². The van der Waals surface area contributed by atoms with Crippen LogP contribution in [0.5, 0.6) is 0 Å². The van der Waals surface area contributed by atoms with Gasteiger partial charge in [0.25, 0.3) is 0 Å². The van der Waals surface area contributed by atoms with Gasteiger partial charge in [-0.1, -0.05) is 23.7 Å². The van der Waals surface area contributed by atoms with Crippen LogP contribution in [0.15, 0.2) is 24.3 Å². The van der Waals surface area contributed by atoms with Gasteiger partial charge in [0, 0.05) is 17.3 Å². The Hall–Kier alpha value is -1.32. The van der Waals surface area contributed by atoms with Crippen LogP contribution in [0.1, 0.15) is 29.2 Å². The largest absolute Gasteiger partial charge is 0.332 e. The van der Waals surface area contributed by atoms with Crippen LogP contribution in [0.3, 0.4) is 0 Å². The Balaban J connectivity index is 1.65. The lowest BCUT2D eigenvalue weighted by molar-refractivity contribution is 0.566. The van der Waals surface area contributed by atoms with Crippen molar-refractivity contribution >= 4 is 11.6 Å². The highest BCUT2D eigenvalue weighted by atomic mass is 35.5. The van der Waals surface area contributed by atoms with Gasteiger partial charge in [0.05, 0.1) is 5.69 Å². The molecule has 1 aromatic heterocycles. The first-order valence-corrected chi connectivity index (χ1v) is 7.91. The lowest BCUT2D eigenvalue weighted by Crippen LogP contribution is -2.20. The van der Waals surface area contributed by atoms with E-state index in [2.05, 4.69) is 47.8 Å². The molecule has 0 unspecified atom stereocenters. The lowest BCUT2D eigenvalue weighted by atomic mass is 10.1. The predicted molar refractivity (Wildman–Crippen MR) is 89.1 cm³/mol. The zero-order chi connectivity index (χ0) is 15.2. The SMILES string of the molecule is Cc1nc(C)n(CCCNCCc2ccc(Cl)cc2)c1C. The van der Waals surface area contributed by atoms with Gasteiger partial charge in [0.1, 0.15) is 5.82 Å². The highest BCUT2D eigenvalue weighted by Crippen LogP contribution is 2.10. The average Bonchev–Trinajstić information content (AvgIpc) is 2.70. The molecule has 21 heavy (non-hydrogen) atoms. The van der Waals surface area contributed by atoms with Crippen LogP contribution in [0.2, 0.25) is 5.02 Å². The number of imidazole rings is 1. The second kappa shape index (κ2) is 7.62. The van der Waals surface area contributed by atoms with Crippen molar-refractivity contribution in [3.63, 3.8) is 0 Å². The Labute approximate surface area is 132 Å². The second-order valence-corrected chi connectivity index (χ2v) is 5.90. The van der Waals surface area contributed by atoms with E-state index in [1.165, 1.54) is 11.3 Å². The highest BCUT2D eigenvalue weighted by molar-refractivity contribution is 6.30. The molecule has 2 aromatic rings. The maximum Gasteiger partial charge on any atom is 0.106 e. The number of nitrogens with one attached hydrogen (secondary N) is 1. The molecule has 3 nitrogen and oxygen atoms in total. The first-order chi connectivity index (χ1) is 10.1. The summed E-state index contributed by atoms with van der Waals surface area (Å²) in [6.45, 7) is 9.36. The maximum atomic E-state index is 5.88. The Morgan fingerprint density at radius 1 is 1.10 bits per heavy atom. The van der Waals surface area contributed by atoms with E-state index in [1.807, 2.05) is 12.1 Å². The molecule has 2 rings (SSSR count). The first-order valence-electron chi connectivity index (χ1n) is 7.53. The first kappa shape index (κ1) is 16.1. The number of aromatic nitrogens is 2. The van der Waals surface area contributed by atoms with E-state index in [1.54, 1.807) is 0 Å². The van der Waals surface area contributed by atoms with Gasteiger partial charge in [-0.25, -0.2) is 4.98 Å². The number of benzene rings is 1.